The lowest BCUT2D eigenvalue weighted by molar-refractivity contribution is -0.137. The Labute approximate surface area is 141 Å². The molecular weight excluding hydrogens is 333 g/mol. The zero-order chi connectivity index (χ0) is 18.2. The Balaban J connectivity index is 1.86. The van der Waals surface area contributed by atoms with Crippen molar-refractivity contribution in [1.82, 2.24) is 0 Å². The predicted octanol–water partition coefficient (Wildman–Crippen LogP) is 3.93. The van der Waals surface area contributed by atoms with Gasteiger partial charge in [-0.2, -0.15) is 23.3 Å². The van der Waals surface area contributed by atoms with Crippen LogP contribution in [0.4, 0.5) is 18.9 Å². The molecule has 0 saturated carbocycles. The molecule has 0 fully saturated rings. The third-order valence-corrected chi connectivity index (χ3v) is 3.89. The Hall–Kier alpha value is -2.96. The zero-order valence-corrected chi connectivity index (χ0v) is 13.1. The van der Waals surface area contributed by atoms with E-state index in [1.165, 1.54) is 0 Å². The van der Waals surface area contributed by atoms with Gasteiger partial charge in [0.15, 0.2) is 5.78 Å². The number of hydrazone groups is 1. The number of carbonyl (C=O) groups is 2. The largest absolute Gasteiger partial charge is 0.416 e. The molecule has 0 aromatic heterocycles. The summed E-state index contributed by atoms with van der Waals surface area (Å²) in [7, 11) is 0. The third-order valence-electron chi connectivity index (χ3n) is 3.89. The topological polar surface area (TPSA) is 49.7 Å². The first-order valence-corrected chi connectivity index (χ1v) is 7.44. The molecule has 25 heavy (non-hydrogen) atoms. The molecule has 3 rings (SSSR count). The highest BCUT2D eigenvalue weighted by Crippen LogP contribution is 2.30. The summed E-state index contributed by atoms with van der Waals surface area (Å²) in [5.74, 6) is -2.22. The lowest BCUT2D eigenvalue weighted by Gasteiger charge is -2.14. The minimum Gasteiger partial charge on any atom is -0.293 e. The van der Waals surface area contributed by atoms with Crippen molar-refractivity contribution in [2.45, 2.75) is 13.1 Å². The predicted molar refractivity (Wildman–Crippen MR) is 86.3 cm³/mol. The summed E-state index contributed by atoms with van der Waals surface area (Å²) in [6.07, 6.45) is -4.48. The summed E-state index contributed by atoms with van der Waals surface area (Å²) in [6.45, 7) is 1.55. The maximum Gasteiger partial charge on any atom is 0.416 e. The van der Waals surface area contributed by atoms with Gasteiger partial charge in [-0.1, -0.05) is 30.3 Å². The van der Waals surface area contributed by atoms with Crippen LogP contribution < -0.4 is 5.01 Å². The van der Waals surface area contributed by atoms with E-state index in [9.17, 15) is 22.8 Å². The van der Waals surface area contributed by atoms with E-state index in [2.05, 4.69) is 5.10 Å². The van der Waals surface area contributed by atoms with Crippen LogP contribution in [0, 0.1) is 5.92 Å². The van der Waals surface area contributed by atoms with Crippen LogP contribution in [0.1, 0.15) is 22.8 Å². The molecule has 0 aliphatic carbocycles. The van der Waals surface area contributed by atoms with Gasteiger partial charge in [-0.25, -0.2) is 0 Å². The zero-order valence-electron chi connectivity index (χ0n) is 13.1. The molecule has 1 aliphatic heterocycles. The SMILES string of the molecule is CC1=NN(c2ccccc2)C(=O)[C@H]1C(=O)c1ccc(C(F)(F)F)cc1. The van der Waals surface area contributed by atoms with E-state index >= 15 is 0 Å². The van der Waals surface area contributed by atoms with E-state index in [-0.39, 0.29) is 5.56 Å². The molecule has 7 heteroatoms. The molecule has 0 N–H and O–H groups in total. The van der Waals surface area contributed by atoms with Gasteiger partial charge in [-0.3, -0.25) is 9.59 Å². The van der Waals surface area contributed by atoms with Crippen LogP contribution in [0.5, 0.6) is 0 Å². The molecule has 1 heterocycles. The normalized spacial score (nSPS) is 17.6. The van der Waals surface area contributed by atoms with Crippen LogP contribution in [-0.2, 0) is 11.0 Å². The monoisotopic (exact) mass is 346 g/mol. The molecule has 2 aromatic carbocycles. The summed E-state index contributed by atoms with van der Waals surface area (Å²) in [4.78, 5) is 25.2. The summed E-state index contributed by atoms with van der Waals surface area (Å²) in [6, 6.07) is 12.4. The van der Waals surface area contributed by atoms with Crippen LogP contribution in [0.2, 0.25) is 0 Å². The smallest absolute Gasteiger partial charge is 0.293 e. The van der Waals surface area contributed by atoms with Gasteiger partial charge in [0.25, 0.3) is 5.91 Å². The fraction of sp³-hybridized carbons (Fsp3) is 0.167. The number of benzene rings is 2. The Morgan fingerprint density at radius 3 is 2.20 bits per heavy atom. The first-order valence-electron chi connectivity index (χ1n) is 7.44. The van der Waals surface area contributed by atoms with Gasteiger partial charge in [0, 0.05) is 5.56 Å². The number of hydrogen-bond acceptors (Lipinski definition) is 3. The fourth-order valence-corrected chi connectivity index (χ4v) is 2.61. The standard InChI is InChI=1S/C18H13F3N2O2/c1-11-15(17(25)23(22-11)14-5-3-2-4-6-14)16(24)12-7-9-13(10-8-12)18(19,20)21/h2-10,15H,1H3/t15-/m1/s1. The number of Topliss-reactive ketones (excluding diaryl/α,β-unsaturated/α-hetero) is 1. The first kappa shape index (κ1) is 16.9. The molecule has 1 atom stereocenters. The van der Waals surface area contributed by atoms with Gasteiger partial charge in [0.1, 0.15) is 5.92 Å². The number of nitrogens with zero attached hydrogens (tertiary/aromatic N) is 2. The van der Waals surface area contributed by atoms with E-state index in [1.807, 2.05) is 0 Å². The third kappa shape index (κ3) is 3.17. The molecule has 2 aromatic rings. The lowest BCUT2D eigenvalue weighted by atomic mass is 9.93. The number of anilines is 1. The van der Waals surface area contributed by atoms with Crippen LogP contribution in [0.15, 0.2) is 59.7 Å². The Morgan fingerprint density at radius 2 is 1.64 bits per heavy atom. The highest BCUT2D eigenvalue weighted by atomic mass is 19.4. The number of halogens is 3. The minimum absolute atomic E-state index is 0.0378. The van der Waals surface area contributed by atoms with Crippen LogP contribution >= 0.6 is 0 Å². The first-order chi connectivity index (χ1) is 11.8. The Kier molecular flexibility index (Phi) is 4.16. The number of hydrogen-bond donors (Lipinski definition) is 0. The van der Waals surface area contributed by atoms with Crippen LogP contribution in [0.3, 0.4) is 0 Å². The molecular formula is C18H13F3N2O2. The number of ketones is 1. The van der Waals surface area contributed by atoms with E-state index in [4.69, 9.17) is 0 Å². The molecule has 128 valence electrons. The summed E-state index contributed by atoms with van der Waals surface area (Å²) in [5.41, 5.74) is 0.0160. The second-order valence-corrected chi connectivity index (χ2v) is 5.60. The summed E-state index contributed by atoms with van der Waals surface area (Å²) < 4.78 is 37.9. The van der Waals surface area contributed by atoms with Gasteiger partial charge in [-0.15, -0.1) is 0 Å². The highest BCUT2D eigenvalue weighted by molar-refractivity contribution is 6.30. The number of alkyl halides is 3. The minimum atomic E-state index is -4.48. The van der Waals surface area contributed by atoms with Crippen molar-refractivity contribution in [2.24, 2.45) is 11.0 Å². The Morgan fingerprint density at radius 1 is 1.04 bits per heavy atom. The van der Waals surface area contributed by atoms with Crippen molar-refractivity contribution < 1.29 is 22.8 Å². The quantitative estimate of drug-likeness (QED) is 0.625. The maximum absolute atomic E-state index is 12.6. The number of rotatable bonds is 3. The fourth-order valence-electron chi connectivity index (χ4n) is 2.61. The van der Waals surface area contributed by atoms with E-state index in [0.717, 1.165) is 29.3 Å². The second kappa shape index (κ2) is 6.16. The van der Waals surface area contributed by atoms with Crippen LogP contribution in [0.25, 0.3) is 0 Å². The molecule has 0 spiro atoms. The summed E-state index contributed by atoms with van der Waals surface area (Å²) >= 11 is 0. The van der Waals surface area contributed by atoms with Crippen molar-refractivity contribution in [1.29, 1.82) is 0 Å². The lowest BCUT2D eigenvalue weighted by Crippen LogP contribution is -2.32. The van der Waals surface area contributed by atoms with Gasteiger partial charge < -0.3 is 0 Å². The average molecular weight is 346 g/mol. The highest BCUT2D eigenvalue weighted by Gasteiger charge is 2.40. The van der Waals surface area contributed by atoms with Crippen molar-refractivity contribution in [3.63, 3.8) is 0 Å². The molecule has 1 aliphatic rings. The maximum atomic E-state index is 12.6. The molecule has 0 saturated heterocycles. The van der Waals surface area contributed by atoms with E-state index in [0.29, 0.717) is 11.4 Å². The van der Waals surface area contributed by atoms with Gasteiger partial charge >= 0.3 is 6.18 Å². The number of para-hydroxylation sites is 1. The van der Waals surface area contributed by atoms with Gasteiger partial charge in [-0.05, 0) is 31.2 Å². The Bertz CT molecular complexity index is 843. The van der Waals surface area contributed by atoms with Crippen molar-refractivity contribution in [2.75, 3.05) is 5.01 Å². The number of carbonyl (C=O) groups excluding carboxylic acids is 2. The van der Waals surface area contributed by atoms with Gasteiger partial charge in [0.2, 0.25) is 0 Å². The molecule has 0 radical (unpaired) electrons. The van der Waals surface area contributed by atoms with E-state index in [1.54, 1.807) is 37.3 Å². The molecule has 0 bridgehead atoms. The van der Waals surface area contributed by atoms with Gasteiger partial charge in [0.05, 0.1) is 17.0 Å². The number of amides is 1. The average Bonchev–Trinajstić information content (AvgIpc) is 2.89. The molecule has 4 nitrogen and oxygen atoms in total. The van der Waals surface area contributed by atoms with Crippen molar-refractivity contribution in [3.8, 4) is 0 Å². The summed E-state index contributed by atoms with van der Waals surface area (Å²) in [5, 5.41) is 5.27. The van der Waals surface area contributed by atoms with Crippen LogP contribution in [-0.4, -0.2) is 17.4 Å². The second-order valence-electron chi connectivity index (χ2n) is 5.60. The van der Waals surface area contributed by atoms with Crippen molar-refractivity contribution in [3.05, 3.63) is 65.7 Å². The van der Waals surface area contributed by atoms with Crippen molar-refractivity contribution >= 4 is 23.1 Å². The molecule has 1 amide bonds. The van der Waals surface area contributed by atoms with E-state index < -0.39 is 29.3 Å². The molecule has 0 unspecified atom stereocenters.